The molecular formula is C25H20N2. The fourth-order valence-corrected chi connectivity index (χ4v) is 3.71. The Hall–Kier alpha value is -3.39. The van der Waals surface area contributed by atoms with Gasteiger partial charge in [0.05, 0.1) is 17.4 Å². The van der Waals surface area contributed by atoms with Gasteiger partial charge in [0.2, 0.25) is 0 Å². The van der Waals surface area contributed by atoms with Crippen molar-refractivity contribution in [1.82, 2.24) is 9.61 Å². The Labute approximate surface area is 158 Å². The van der Waals surface area contributed by atoms with E-state index in [1.165, 1.54) is 38.6 Å². The van der Waals surface area contributed by atoms with Gasteiger partial charge in [-0.1, -0.05) is 83.9 Å². The first-order valence-electron chi connectivity index (χ1n) is 9.24. The molecule has 2 heterocycles. The molecule has 2 nitrogen and oxygen atoms in total. The normalized spacial score (nSPS) is 11.3. The van der Waals surface area contributed by atoms with E-state index in [9.17, 15) is 0 Å². The van der Waals surface area contributed by atoms with Gasteiger partial charge in [-0.2, -0.15) is 5.10 Å². The number of pyridine rings is 1. The smallest absolute Gasteiger partial charge is 0.0825 e. The van der Waals surface area contributed by atoms with Crippen molar-refractivity contribution in [1.29, 1.82) is 0 Å². The van der Waals surface area contributed by atoms with E-state index in [1.807, 2.05) is 6.20 Å². The molecule has 0 radical (unpaired) electrons. The van der Waals surface area contributed by atoms with Crippen molar-refractivity contribution < 1.29 is 0 Å². The summed E-state index contributed by atoms with van der Waals surface area (Å²) in [6.07, 6.45) is 1.99. The number of rotatable bonds is 2. The molecule has 0 saturated heterocycles. The van der Waals surface area contributed by atoms with E-state index in [1.54, 1.807) is 0 Å². The maximum Gasteiger partial charge on any atom is 0.0825 e. The van der Waals surface area contributed by atoms with Crippen LogP contribution in [0.3, 0.4) is 0 Å². The summed E-state index contributed by atoms with van der Waals surface area (Å²) >= 11 is 0. The van der Waals surface area contributed by atoms with Crippen LogP contribution in [0.5, 0.6) is 0 Å². The lowest BCUT2D eigenvalue weighted by molar-refractivity contribution is 0.975. The van der Waals surface area contributed by atoms with E-state index in [0.717, 1.165) is 11.2 Å². The van der Waals surface area contributed by atoms with Crippen LogP contribution in [0, 0.1) is 13.8 Å². The minimum Gasteiger partial charge on any atom is -0.232 e. The fourth-order valence-electron chi connectivity index (χ4n) is 3.71. The van der Waals surface area contributed by atoms with Crippen molar-refractivity contribution in [2.75, 3.05) is 0 Å². The van der Waals surface area contributed by atoms with Crippen LogP contribution in [0.15, 0.2) is 85.1 Å². The molecule has 0 amide bonds. The quantitative estimate of drug-likeness (QED) is 0.359. The van der Waals surface area contributed by atoms with Crippen LogP contribution in [0.25, 0.3) is 38.7 Å². The largest absolute Gasteiger partial charge is 0.232 e. The Kier molecular flexibility index (Phi) is 3.58. The van der Waals surface area contributed by atoms with E-state index in [-0.39, 0.29) is 0 Å². The van der Waals surface area contributed by atoms with Crippen molar-refractivity contribution in [3.63, 3.8) is 0 Å². The van der Waals surface area contributed by atoms with Crippen LogP contribution in [-0.4, -0.2) is 9.61 Å². The number of aryl methyl sites for hydroxylation is 2. The number of fused-ring (bicyclic) bond motifs is 3. The first-order valence-corrected chi connectivity index (χ1v) is 9.24. The molecule has 0 aliphatic carbocycles. The fraction of sp³-hybridized carbons (Fsp3) is 0.0800. The van der Waals surface area contributed by atoms with E-state index in [4.69, 9.17) is 5.10 Å². The Morgan fingerprint density at radius 2 is 1.33 bits per heavy atom. The van der Waals surface area contributed by atoms with Gasteiger partial charge in [-0.15, -0.1) is 0 Å². The zero-order valence-corrected chi connectivity index (χ0v) is 15.5. The predicted molar refractivity (Wildman–Crippen MR) is 113 cm³/mol. The van der Waals surface area contributed by atoms with Gasteiger partial charge < -0.3 is 0 Å². The first-order chi connectivity index (χ1) is 13.2. The summed E-state index contributed by atoms with van der Waals surface area (Å²) in [7, 11) is 0. The van der Waals surface area contributed by atoms with E-state index in [0.29, 0.717) is 0 Å². The number of aromatic nitrogens is 2. The second-order valence-electron chi connectivity index (χ2n) is 7.17. The highest BCUT2D eigenvalue weighted by Gasteiger charge is 2.14. The van der Waals surface area contributed by atoms with Crippen molar-refractivity contribution in [3.8, 4) is 22.4 Å². The maximum absolute atomic E-state index is 4.78. The Morgan fingerprint density at radius 1 is 0.704 bits per heavy atom. The van der Waals surface area contributed by atoms with Crippen LogP contribution < -0.4 is 0 Å². The molecule has 2 aromatic heterocycles. The molecule has 130 valence electrons. The molecule has 0 spiro atoms. The van der Waals surface area contributed by atoms with Gasteiger partial charge in [-0.3, -0.25) is 0 Å². The molecule has 0 atom stereocenters. The van der Waals surface area contributed by atoms with E-state index < -0.39 is 0 Å². The minimum atomic E-state index is 1.11. The third-order valence-corrected chi connectivity index (χ3v) is 5.22. The number of hydrogen-bond acceptors (Lipinski definition) is 1. The monoisotopic (exact) mass is 348 g/mol. The molecule has 5 rings (SSSR count). The highest BCUT2D eigenvalue weighted by Crippen LogP contribution is 2.34. The van der Waals surface area contributed by atoms with Crippen LogP contribution in [0.4, 0.5) is 0 Å². The molecule has 0 aliphatic rings. The van der Waals surface area contributed by atoms with Gasteiger partial charge in [-0.05, 0) is 30.9 Å². The summed E-state index contributed by atoms with van der Waals surface area (Å²) in [5.41, 5.74) is 8.34. The zero-order valence-electron chi connectivity index (χ0n) is 15.5. The van der Waals surface area contributed by atoms with Crippen molar-refractivity contribution in [2.24, 2.45) is 0 Å². The number of benzene rings is 3. The zero-order chi connectivity index (χ0) is 18.4. The van der Waals surface area contributed by atoms with E-state index in [2.05, 4.69) is 97.2 Å². The van der Waals surface area contributed by atoms with Crippen molar-refractivity contribution in [3.05, 3.63) is 96.2 Å². The topological polar surface area (TPSA) is 17.3 Å². The summed E-state index contributed by atoms with van der Waals surface area (Å²) in [6, 6.07) is 28.1. The Bertz CT molecular complexity index is 1260. The molecule has 5 aromatic rings. The molecule has 0 unspecified atom stereocenters. The average Bonchev–Trinajstić information content (AvgIpc) is 3.14. The summed E-state index contributed by atoms with van der Waals surface area (Å²) in [4.78, 5) is 0. The molecule has 0 bridgehead atoms. The SMILES string of the molecule is Cc1ccc(-c2cnn3c(-c4ccc(C)cc4)cc4ccccc4c23)cc1. The molecule has 2 heteroatoms. The van der Waals surface area contributed by atoms with Crippen molar-refractivity contribution >= 4 is 16.3 Å². The third-order valence-electron chi connectivity index (χ3n) is 5.22. The highest BCUT2D eigenvalue weighted by molar-refractivity contribution is 6.04. The van der Waals surface area contributed by atoms with Crippen LogP contribution in [0.1, 0.15) is 11.1 Å². The van der Waals surface area contributed by atoms with Gasteiger partial charge in [0.1, 0.15) is 0 Å². The lowest BCUT2D eigenvalue weighted by atomic mass is 10.0. The molecule has 0 fully saturated rings. The molecule has 0 aliphatic heterocycles. The molecular weight excluding hydrogens is 328 g/mol. The summed E-state index contributed by atoms with van der Waals surface area (Å²) in [5.74, 6) is 0. The maximum atomic E-state index is 4.78. The lowest BCUT2D eigenvalue weighted by Gasteiger charge is -2.11. The Balaban J connectivity index is 1.87. The summed E-state index contributed by atoms with van der Waals surface area (Å²) in [5, 5.41) is 7.24. The minimum absolute atomic E-state index is 1.11. The molecule has 3 aromatic carbocycles. The standard InChI is InChI=1S/C25H20N2/c1-17-7-11-19(12-8-17)23-16-26-27-24(20-13-9-18(2)10-14-20)15-21-5-3-4-6-22(21)25(23)27/h3-16H,1-2H3. The number of hydrogen-bond donors (Lipinski definition) is 0. The van der Waals surface area contributed by atoms with Crippen molar-refractivity contribution in [2.45, 2.75) is 13.8 Å². The molecule has 27 heavy (non-hydrogen) atoms. The van der Waals surface area contributed by atoms with Gasteiger partial charge in [0, 0.05) is 16.5 Å². The second-order valence-corrected chi connectivity index (χ2v) is 7.17. The number of nitrogens with zero attached hydrogens (tertiary/aromatic N) is 2. The van der Waals surface area contributed by atoms with Crippen LogP contribution >= 0.6 is 0 Å². The average molecular weight is 348 g/mol. The second kappa shape index (κ2) is 6.10. The van der Waals surface area contributed by atoms with Gasteiger partial charge in [0.15, 0.2) is 0 Å². The van der Waals surface area contributed by atoms with Gasteiger partial charge in [-0.25, -0.2) is 4.52 Å². The van der Waals surface area contributed by atoms with Crippen LogP contribution in [0.2, 0.25) is 0 Å². The van der Waals surface area contributed by atoms with Gasteiger partial charge >= 0.3 is 0 Å². The van der Waals surface area contributed by atoms with Crippen LogP contribution in [-0.2, 0) is 0 Å². The molecule has 0 saturated carbocycles. The highest BCUT2D eigenvalue weighted by atomic mass is 15.2. The predicted octanol–water partition coefficient (Wildman–Crippen LogP) is 6.44. The van der Waals surface area contributed by atoms with E-state index >= 15 is 0 Å². The van der Waals surface area contributed by atoms with Gasteiger partial charge in [0.25, 0.3) is 0 Å². The summed E-state index contributed by atoms with van der Waals surface area (Å²) in [6.45, 7) is 4.23. The first kappa shape index (κ1) is 15.8. The lowest BCUT2D eigenvalue weighted by Crippen LogP contribution is -1.95. The Morgan fingerprint density at radius 3 is 2.04 bits per heavy atom. The summed E-state index contributed by atoms with van der Waals surface area (Å²) < 4.78 is 2.09. The third kappa shape index (κ3) is 2.61. The molecule has 0 N–H and O–H groups in total.